The zero-order chi connectivity index (χ0) is 14.5. The molecule has 2 aromatic rings. The summed E-state index contributed by atoms with van der Waals surface area (Å²) in [5.41, 5.74) is 6.35. The molecule has 1 amide bonds. The van der Waals surface area contributed by atoms with Crippen molar-refractivity contribution in [2.45, 2.75) is 4.90 Å². The topological polar surface area (TPSA) is 68.0 Å². The van der Waals surface area contributed by atoms with Crippen LogP contribution >= 0.6 is 43.6 Å². The van der Waals surface area contributed by atoms with E-state index in [0.29, 0.717) is 17.3 Å². The Morgan fingerprint density at radius 1 is 1.30 bits per heavy atom. The SMILES string of the molecule is Nc1ccc(SCC(=O)Nc2ccc(Br)cn2)c(Br)c1. The number of carbonyl (C=O) groups excluding carboxylic acids is 1. The molecule has 0 spiro atoms. The average Bonchev–Trinajstić information content (AvgIpc) is 2.40. The Morgan fingerprint density at radius 2 is 2.10 bits per heavy atom. The highest BCUT2D eigenvalue weighted by Crippen LogP contribution is 2.29. The number of amides is 1. The number of rotatable bonds is 4. The fraction of sp³-hybridized carbons (Fsp3) is 0.0769. The maximum Gasteiger partial charge on any atom is 0.235 e. The van der Waals surface area contributed by atoms with Gasteiger partial charge in [0, 0.05) is 25.7 Å². The van der Waals surface area contributed by atoms with Crippen LogP contribution in [-0.2, 0) is 4.79 Å². The van der Waals surface area contributed by atoms with Crippen LogP contribution < -0.4 is 11.1 Å². The van der Waals surface area contributed by atoms with Crippen molar-refractivity contribution in [3.63, 3.8) is 0 Å². The molecule has 0 aliphatic rings. The molecule has 0 unspecified atom stereocenters. The molecule has 0 fully saturated rings. The van der Waals surface area contributed by atoms with Gasteiger partial charge in [0.1, 0.15) is 5.82 Å². The maximum absolute atomic E-state index is 11.8. The predicted molar refractivity (Wildman–Crippen MR) is 89.8 cm³/mol. The summed E-state index contributed by atoms with van der Waals surface area (Å²) >= 11 is 8.15. The van der Waals surface area contributed by atoms with Crippen molar-refractivity contribution in [3.8, 4) is 0 Å². The zero-order valence-electron chi connectivity index (χ0n) is 10.3. The minimum absolute atomic E-state index is 0.103. The lowest BCUT2D eigenvalue weighted by Gasteiger charge is -2.06. The first kappa shape index (κ1) is 15.3. The highest BCUT2D eigenvalue weighted by Gasteiger charge is 2.07. The van der Waals surface area contributed by atoms with Gasteiger partial charge in [-0.25, -0.2) is 4.98 Å². The van der Waals surface area contributed by atoms with Gasteiger partial charge in [-0.1, -0.05) is 0 Å². The van der Waals surface area contributed by atoms with Crippen LogP contribution in [0.15, 0.2) is 50.4 Å². The zero-order valence-corrected chi connectivity index (χ0v) is 14.3. The lowest BCUT2D eigenvalue weighted by Crippen LogP contribution is -2.14. The molecule has 1 aromatic heterocycles. The van der Waals surface area contributed by atoms with Crippen LogP contribution in [0.1, 0.15) is 0 Å². The van der Waals surface area contributed by atoms with E-state index in [-0.39, 0.29) is 5.91 Å². The lowest BCUT2D eigenvalue weighted by molar-refractivity contribution is -0.113. The van der Waals surface area contributed by atoms with E-state index in [0.717, 1.165) is 13.8 Å². The molecule has 104 valence electrons. The van der Waals surface area contributed by atoms with Gasteiger partial charge in [0.2, 0.25) is 5.91 Å². The van der Waals surface area contributed by atoms with E-state index in [1.807, 2.05) is 18.2 Å². The third-order valence-corrected chi connectivity index (χ3v) is 4.77. The third-order valence-electron chi connectivity index (χ3n) is 2.31. The molecule has 0 saturated heterocycles. The Kier molecular flexibility index (Phi) is 5.45. The average molecular weight is 417 g/mol. The summed E-state index contributed by atoms with van der Waals surface area (Å²) in [6, 6.07) is 9.07. The number of nitrogen functional groups attached to an aromatic ring is 1. The first-order valence-corrected chi connectivity index (χ1v) is 8.21. The van der Waals surface area contributed by atoms with E-state index in [4.69, 9.17) is 5.73 Å². The summed E-state index contributed by atoms with van der Waals surface area (Å²) in [5.74, 6) is 0.740. The first-order chi connectivity index (χ1) is 9.54. The number of hydrogen-bond acceptors (Lipinski definition) is 4. The van der Waals surface area contributed by atoms with Crippen molar-refractivity contribution in [3.05, 3.63) is 45.5 Å². The van der Waals surface area contributed by atoms with E-state index in [1.54, 1.807) is 18.3 Å². The fourth-order valence-electron chi connectivity index (χ4n) is 1.41. The van der Waals surface area contributed by atoms with Gasteiger partial charge in [-0.3, -0.25) is 4.79 Å². The van der Waals surface area contributed by atoms with Crippen molar-refractivity contribution < 1.29 is 4.79 Å². The molecule has 0 aliphatic heterocycles. The molecular weight excluding hydrogens is 406 g/mol. The van der Waals surface area contributed by atoms with Gasteiger partial charge in [-0.05, 0) is 62.2 Å². The van der Waals surface area contributed by atoms with Crippen molar-refractivity contribution in [1.82, 2.24) is 4.98 Å². The second kappa shape index (κ2) is 7.10. The van der Waals surface area contributed by atoms with Crippen molar-refractivity contribution >= 4 is 61.0 Å². The summed E-state index contributed by atoms with van der Waals surface area (Å²) in [5, 5.41) is 2.74. The van der Waals surface area contributed by atoms with E-state index in [9.17, 15) is 4.79 Å². The highest BCUT2D eigenvalue weighted by molar-refractivity contribution is 9.10. The van der Waals surface area contributed by atoms with Crippen molar-refractivity contribution in [2.75, 3.05) is 16.8 Å². The number of halogens is 2. The van der Waals surface area contributed by atoms with Crippen LogP contribution in [-0.4, -0.2) is 16.6 Å². The Labute approximate surface area is 137 Å². The molecule has 4 nitrogen and oxygen atoms in total. The quantitative estimate of drug-likeness (QED) is 0.585. The molecule has 7 heteroatoms. The lowest BCUT2D eigenvalue weighted by atomic mass is 10.3. The van der Waals surface area contributed by atoms with E-state index in [1.165, 1.54) is 11.8 Å². The normalized spacial score (nSPS) is 10.3. The Hall–Kier alpha value is -1.05. The van der Waals surface area contributed by atoms with Crippen LogP contribution in [0.4, 0.5) is 11.5 Å². The Morgan fingerprint density at radius 3 is 2.75 bits per heavy atom. The number of carbonyl (C=O) groups is 1. The number of pyridine rings is 1. The van der Waals surface area contributed by atoms with E-state index in [2.05, 4.69) is 42.2 Å². The largest absolute Gasteiger partial charge is 0.399 e. The number of thioether (sulfide) groups is 1. The van der Waals surface area contributed by atoms with Gasteiger partial charge >= 0.3 is 0 Å². The molecule has 0 atom stereocenters. The van der Waals surface area contributed by atoms with Gasteiger partial charge in [-0.2, -0.15) is 0 Å². The predicted octanol–water partition coefficient (Wildman–Crippen LogP) is 3.92. The number of nitrogens with zero attached hydrogens (tertiary/aromatic N) is 1. The first-order valence-electron chi connectivity index (χ1n) is 5.64. The fourth-order valence-corrected chi connectivity index (χ4v) is 3.10. The third kappa shape index (κ3) is 4.50. The number of anilines is 2. The Balaban J connectivity index is 1.90. The molecule has 3 N–H and O–H groups in total. The molecular formula is C13H11Br2N3OS. The minimum Gasteiger partial charge on any atom is -0.399 e. The number of nitrogens with two attached hydrogens (primary N) is 1. The van der Waals surface area contributed by atoms with Gasteiger partial charge in [0.15, 0.2) is 0 Å². The molecule has 0 aliphatic carbocycles. The molecule has 0 radical (unpaired) electrons. The second-order valence-electron chi connectivity index (χ2n) is 3.89. The molecule has 0 saturated carbocycles. The molecule has 1 heterocycles. The van der Waals surface area contributed by atoms with E-state index < -0.39 is 0 Å². The van der Waals surface area contributed by atoms with Crippen molar-refractivity contribution in [1.29, 1.82) is 0 Å². The second-order valence-corrected chi connectivity index (χ2v) is 6.68. The van der Waals surface area contributed by atoms with Gasteiger partial charge in [-0.15, -0.1) is 11.8 Å². The minimum atomic E-state index is -0.103. The van der Waals surface area contributed by atoms with Crippen molar-refractivity contribution in [2.24, 2.45) is 0 Å². The smallest absolute Gasteiger partial charge is 0.235 e. The van der Waals surface area contributed by atoms with Crippen LogP contribution in [0.25, 0.3) is 0 Å². The van der Waals surface area contributed by atoms with Crippen LogP contribution in [0, 0.1) is 0 Å². The number of nitrogens with one attached hydrogen (secondary N) is 1. The monoisotopic (exact) mass is 415 g/mol. The number of hydrogen-bond donors (Lipinski definition) is 2. The van der Waals surface area contributed by atoms with Crippen LogP contribution in [0.2, 0.25) is 0 Å². The summed E-state index contributed by atoms with van der Waals surface area (Å²) < 4.78 is 1.76. The summed E-state index contributed by atoms with van der Waals surface area (Å²) in [4.78, 5) is 16.9. The summed E-state index contributed by atoms with van der Waals surface area (Å²) in [7, 11) is 0. The van der Waals surface area contributed by atoms with Gasteiger partial charge in [0.25, 0.3) is 0 Å². The van der Waals surface area contributed by atoms with Gasteiger partial charge < -0.3 is 11.1 Å². The number of aromatic nitrogens is 1. The molecule has 0 bridgehead atoms. The number of benzene rings is 1. The summed E-state index contributed by atoms with van der Waals surface area (Å²) in [6.07, 6.45) is 1.64. The van der Waals surface area contributed by atoms with E-state index >= 15 is 0 Å². The maximum atomic E-state index is 11.8. The van der Waals surface area contributed by atoms with Crippen LogP contribution in [0.3, 0.4) is 0 Å². The molecule has 1 aromatic carbocycles. The highest BCUT2D eigenvalue weighted by atomic mass is 79.9. The van der Waals surface area contributed by atoms with Gasteiger partial charge in [0.05, 0.1) is 5.75 Å². The molecule has 2 rings (SSSR count). The van der Waals surface area contributed by atoms with Crippen LogP contribution in [0.5, 0.6) is 0 Å². The standard InChI is InChI=1S/C13H11Br2N3OS/c14-8-1-4-12(17-6-8)18-13(19)7-20-11-3-2-9(16)5-10(11)15/h1-6H,7,16H2,(H,17,18,19). The Bertz CT molecular complexity index is 620. The molecule has 20 heavy (non-hydrogen) atoms. The summed E-state index contributed by atoms with van der Waals surface area (Å²) in [6.45, 7) is 0.